The first kappa shape index (κ1) is 19.0. The zero-order chi connectivity index (χ0) is 18.9. The number of nitrogens with one attached hydrogen (secondary N) is 1. The van der Waals surface area contributed by atoms with Crippen LogP contribution in [0, 0.1) is 6.92 Å². The highest BCUT2D eigenvalue weighted by atomic mass is 16.6. The minimum atomic E-state index is -0.785. The normalized spacial score (nSPS) is 12.3. The third kappa shape index (κ3) is 4.84. The smallest absolute Gasteiger partial charge is 0.297 e. The summed E-state index contributed by atoms with van der Waals surface area (Å²) >= 11 is 0. The number of carbonyl (C=O) groups is 1. The fourth-order valence-corrected chi connectivity index (χ4v) is 2.29. The molecule has 0 atom stereocenters. The standard InChI is InChI=1S/C19H20N4O3/c1-13-7-6-9-15(11-13)14(2)21-20-12-16-8-4-5-10-17(16)18(23-26-3)19(24)22-25/h4-12,25H,1-3H3,(H,22,24)/b20-12+,21-14+,23-18+. The van der Waals surface area contributed by atoms with Crippen molar-refractivity contribution >= 4 is 23.5 Å². The second-order valence-corrected chi connectivity index (χ2v) is 5.45. The van der Waals surface area contributed by atoms with Gasteiger partial charge in [0.1, 0.15) is 7.11 Å². The van der Waals surface area contributed by atoms with Crippen molar-refractivity contribution in [3.8, 4) is 0 Å². The summed E-state index contributed by atoms with van der Waals surface area (Å²) in [5.74, 6) is -0.785. The Balaban J connectivity index is 2.33. The molecule has 0 aliphatic rings. The summed E-state index contributed by atoms with van der Waals surface area (Å²) in [6, 6.07) is 14.9. The number of hydroxylamine groups is 1. The molecule has 0 unspecified atom stereocenters. The topological polar surface area (TPSA) is 95.6 Å². The van der Waals surface area contributed by atoms with Gasteiger partial charge in [0.25, 0.3) is 5.91 Å². The zero-order valence-electron chi connectivity index (χ0n) is 14.8. The summed E-state index contributed by atoms with van der Waals surface area (Å²) in [6.07, 6.45) is 1.52. The number of aryl methyl sites for hydroxylation is 1. The molecular weight excluding hydrogens is 332 g/mol. The van der Waals surface area contributed by atoms with Gasteiger partial charge in [-0.15, -0.1) is 0 Å². The van der Waals surface area contributed by atoms with E-state index in [0.717, 1.165) is 16.8 Å². The molecule has 0 radical (unpaired) electrons. The van der Waals surface area contributed by atoms with Crippen LogP contribution >= 0.6 is 0 Å². The maximum atomic E-state index is 11.8. The highest BCUT2D eigenvalue weighted by molar-refractivity contribution is 6.45. The first-order valence-corrected chi connectivity index (χ1v) is 7.86. The Morgan fingerprint density at radius 2 is 1.96 bits per heavy atom. The number of carbonyl (C=O) groups excluding carboxylic acids is 1. The second-order valence-electron chi connectivity index (χ2n) is 5.45. The minimum Gasteiger partial charge on any atom is -0.398 e. The summed E-state index contributed by atoms with van der Waals surface area (Å²) in [4.78, 5) is 16.5. The third-order valence-corrected chi connectivity index (χ3v) is 3.56. The lowest BCUT2D eigenvalue weighted by molar-refractivity contribution is -0.122. The van der Waals surface area contributed by atoms with Crippen molar-refractivity contribution in [2.24, 2.45) is 15.4 Å². The van der Waals surface area contributed by atoms with Crippen molar-refractivity contribution in [2.45, 2.75) is 13.8 Å². The molecule has 0 aliphatic heterocycles. The lowest BCUT2D eigenvalue weighted by atomic mass is 10.0. The number of nitrogens with zero attached hydrogens (tertiary/aromatic N) is 3. The van der Waals surface area contributed by atoms with Crippen molar-refractivity contribution in [1.29, 1.82) is 0 Å². The van der Waals surface area contributed by atoms with E-state index >= 15 is 0 Å². The van der Waals surface area contributed by atoms with E-state index in [1.165, 1.54) is 13.3 Å². The van der Waals surface area contributed by atoms with Crippen molar-refractivity contribution in [3.05, 3.63) is 70.8 Å². The lowest BCUT2D eigenvalue weighted by Gasteiger charge is -2.06. The molecule has 1 amide bonds. The summed E-state index contributed by atoms with van der Waals surface area (Å²) in [5, 5.41) is 20.9. The van der Waals surface area contributed by atoms with Crippen molar-refractivity contribution in [3.63, 3.8) is 0 Å². The van der Waals surface area contributed by atoms with E-state index in [-0.39, 0.29) is 5.71 Å². The van der Waals surface area contributed by atoms with Gasteiger partial charge in [-0.2, -0.15) is 10.2 Å². The molecule has 0 aliphatic carbocycles. The molecule has 2 aromatic rings. The molecule has 0 fully saturated rings. The number of oxime groups is 1. The highest BCUT2D eigenvalue weighted by Crippen LogP contribution is 2.10. The molecule has 2 rings (SSSR count). The predicted octanol–water partition coefficient (Wildman–Crippen LogP) is 2.69. The maximum absolute atomic E-state index is 11.8. The van der Waals surface area contributed by atoms with Crippen molar-refractivity contribution < 1.29 is 14.8 Å². The van der Waals surface area contributed by atoms with Gasteiger partial charge >= 0.3 is 0 Å². The van der Waals surface area contributed by atoms with Crippen LogP contribution in [0.25, 0.3) is 0 Å². The van der Waals surface area contributed by atoms with Gasteiger partial charge in [0.05, 0.1) is 11.9 Å². The van der Waals surface area contributed by atoms with Crippen LogP contribution in [0.15, 0.2) is 63.9 Å². The van der Waals surface area contributed by atoms with Crippen LogP contribution in [0.3, 0.4) is 0 Å². The molecule has 7 nitrogen and oxygen atoms in total. The van der Waals surface area contributed by atoms with Crippen LogP contribution in [0.5, 0.6) is 0 Å². The van der Waals surface area contributed by atoms with Gasteiger partial charge in [-0.25, -0.2) is 5.48 Å². The van der Waals surface area contributed by atoms with Gasteiger partial charge in [-0.1, -0.05) is 59.3 Å². The molecular formula is C19H20N4O3. The van der Waals surface area contributed by atoms with E-state index in [4.69, 9.17) is 10.0 Å². The van der Waals surface area contributed by atoms with Crippen LogP contribution in [0.4, 0.5) is 0 Å². The average molecular weight is 352 g/mol. The SMILES string of the molecule is CO/N=C(/C(=O)NO)c1ccccc1/C=N/N=C(\C)c1cccc(C)c1. The summed E-state index contributed by atoms with van der Waals surface area (Å²) in [5.41, 5.74) is 5.43. The number of hydrogen-bond donors (Lipinski definition) is 2. The number of benzene rings is 2. The first-order valence-electron chi connectivity index (χ1n) is 7.86. The van der Waals surface area contributed by atoms with E-state index in [9.17, 15) is 4.79 Å². The monoisotopic (exact) mass is 352 g/mol. The predicted molar refractivity (Wildman–Crippen MR) is 101 cm³/mol. The van der Waals surface area contributed by atoms with E-state index in [1.807, 2.05) is 38.1 Å². The van der Waals surface area contributed by atoms with Gasteiger partial charge in [0.15, 0.2) is 5.71 Å². The van der Waals surface area contributed by atoms with E-state index in [1.54, 1.807) is 29.7 Å². The Kier molecular flexibility index (Phi) is 6.75. The number of hydrogen-bond acceptors (Lipinski definition) is 6. The van der Waals surface area contributed by atoms with Gasteiger partial charge in [0.2, 0.25) is 0 Å². The summed E-state index contributed by atoms with van der Waals surface area (Å²) in [6.45, 7) is 3.88. The minimum absolute atomic E-state index is 0.0727. The number of amides is 1. The van der Waals surface area contributed by atoms with Crippen LogP contribution < -0.4 is 5.48 Å². The summed E-state index contributed by atoms with van der Waals surface area (Å²) in [7, 11) is 1.32. The van der Waals surface area contributed by atoms with Gasteiger partial charge in [-0.3, -0.25) is 10.0 Å². The van der Waals surface area contributed by atoms with Crippen molar-refractivity contribution in [2.75, 3.05) is 7.11 Å². The fourth-order valence-electron chi connectivity index (χ4n) is 2.29. The largest absolute Gasteiger partial charge is 0.398 e. The third-order valence-electron chi connectivity index (χ3n) is 3.56. The second kappa shape index (κ2) is 9.24. The van der Waals surface area contributed by atoms with Crippen LogP contribution in [-0.4, -0.2) is 35.9 Å². The quantitative estimate of drug-likeness (QED) is 0.475. The van der Waals surface area contributed by atoms with Crippen LogP contribution in [0.1, 0.15) is 29.2 Å². The van der Waals surface area contributed by atoms with Gasteiger partial charge in [0, 0.05) is 11.1 Å². The molecule has 0 saturated heterocycles. The molecule has 0 bridgehead atoms. The van der Waals surface area contributed by atoms with E-state index in [0.29, 0.717) is 11.1 Å². The Labute approximate surface area is 151 Å². The first-order chi connectivity index (χ1) is 12.6. The average Bonchev–Trinajstić information content (AvgIpc) is 2.66. The Morgan fingerprint density at radius 1 is 1.19 bits per heavy atom. The Hall–Kier alpha value is -3.32. The molecule has 2 N–H and O–H groups in total. The van der Waals surface area contributed by atoms with Crippen molar-refractivity contribution in [1.82, 2.24) is 5.48 Å². The molecule has 0 spiro atoms. The Morgan fingerprint density at radius 3 is 2.65 bits per heavy atom. The molecule has 0 saturated carbocycles. The summed E-state index contributed by atoms with van der Waals surface area (Å²) < 4.78 is 0. The molecule has 26 heavy (non-hydrogen) atoms. The van der Waals surface area contributed by atoms with Crippen LogP contribution in [0.2, 0.25) is 0 Å². The fraction of sp³-hybridized carbons (Fsp3) is 0.158. The number of rotatable bonds is 6. The van der Waals surface area contributed by atoms with Gasteiger partial charge < -0.3 is 4.84 Å². The zero-order valence-corrected chi connectivity index (χ0v) is 14.8. The van der Waals surface area contributed by atoms with E-state index in [2.05, 4.69) is 15.4 Å². The van der Waals surface area contributed by atoms with E-state index < -0.39 is 5.91 Å². The maximum Gasteiger partial charge on any atom is 0.297 e. The molecule has 0 aromatic heterocycles. The molecule has 2 aromatic carbocycles. The highest BCUT2D eigenvalue weighted by Gasteiger charge is 2.17. The molecule has 134 valence electrons. The van der Waals surface area contributed by atoms with Crippen LogP contribution in [-0.2, 0) is 9.63 Å². The molecule has 0 heterocycles. The van der Waals surface area contributed by atoms with Gasteiger partial charge in [-0.05, 0) is 19.4 Å². The Bertz CT molecular complexity index is 873. The molecule has 7 heteroatoms. The lowest BCUT2D eigenvalue weighted by Crippen LogP contribution is -2.29.